The second-order valence-electron chi connectivity index (χ2n) is 5.83. The van der Waals surface area contributed by atoms with E-state index < -0.39 is 0 Å². The largest absolute Gasteiger partial charge is 0.332 e. The summed E-state index contributed by atoms with van der Waals surface area (Å²) in [6.07, 6.45) is 2.56. The van der Waals surface area contributed by atoms with E-state index in [1.807, 2.05) is 22.8 Å². The minimum absolute atomic E-state index is 0.122. The predicted octanol–water partition coefficient (Wildman–Crippen LogP) is 2.18. The number of imidazole rings is 1. The summed E-state index contributed by atoms with van der Waals surface area (Å²) in [5, 5.41) is 0. The SMILES string of the molecule is C[C@H](CCSc1ccccc1)n1cnc2c1c(=O)n(C)c(=O)n2C. The molecule has 0 N–H and O–H groups in total. The van der Waals surface area contributed by atoms with Gasteiger partial charge >= 0.3 is 5.69 Å². The first kappa shape index (κ1) is 16.6. The highest BCUT2D eigenvalue weighted by atomic mass is 32.2. The van der Waals surface area contributed by atoms with E-state index in [4.69, 9.17) is 0 Å². The Morgan fingerprint density at radius 1 is 1.12 bits per heavy atom. The maximum atomic E-state index is 12.5. The van der Waals surface area contributed by atoms with Gasteiger partial charge in [0.1, 0.15) is 0 Å². The van der Waals surface area contributed by atoms with Crippen LogP contribution in [0.5, 0.6) is 0 Å². The Balaban J connectivity index is 1.84. The molecule has 2 aromatic heterocycles. The Morgan fingerprint density at radius 2 is 1.83 bits per heavy atom. The van der Waals surface area contributed by atoms with E-state index in [0.29, 0.717) is 11.2 Å². The van der Waals surface area contributed by atoms with Gasteiger partial charge in [-0.1, -0.05) is 18.2 Å². The van der Waals surface area contributed by atoms with Gasteiger partial charge in [-0.3, -0.25) is 13.9 Å². The van der Waals surface area contributed by atoms with Crippen molar-refractivity contribution in [3.8, 4) is 0 Å². The molecule has 24 heavy (non-hydrogen) atoms. The fourth-order valence-corrected chi connectivity index (χ4v) is 3.75. The van der Waals surface area contributed by atoms with Crippen LogP contribution in [0, 0.1) is 0 Å². The average molecular weight is 344 g/mol. The van der Waals surface area contributed by atoms with Crippen LogP contribution in [0.25, 0.3) is 11.2 Å². The number of aromatic nitrogens is 4. The maximum Gasteiger partial charge on any atom is 0.332 e. The van der Waals surface area contributed by atoms with Crippen LogP contribution in [0.15, 0.2) is 51.1 Å². The van der Waals surface area contributed by atoms with Gasteiger partial charge in [0, 0.05) is 25.0 Å². The molecule has 7 heteroatoms. The first-order valence-corrected chi connectivity index (χ1v) is 8.79. The third-order valence-electron chi connectivity index (χ3n) is 4.20. The van der Waals surface area contributed by atoms with Crippen LogP contribution in [0.3, 0.4) is 0 Å². The van der Waals surface area contributed by atoms with Crippen molar-refractivity contribution in [1.82, 2.24) is 18.7 Å². The van der Waals surface area contributed by atoms with E-state index in [0.717, 1.165) is 16.7 Å². The number of aryl methyl sites for hydroxylation is 1. The summed E-state index contributed by atoms with van der Waals surface area (Å²) in [4.78, 5) is 30.0. The number of hydrogen-bond donors (Lipinski definition) is 0. The molecule has 0 unspecified atom stereocenters. The van der Waals surface area contributed by atoms with Crippen molar-refractivity contribution in [2.75, 3.05) is 5.75 Å². The maximum absolute atomic E-state index is 12.5. The smallest absolute Gasteiger partial charge is 0.322 e. The number of nitrogens with zero attached hydrogens (tertiary/aromatic N) is 4. The Hall–Kier alpha value is -2.28. The lowest BCUT2D eigenvalue weighted by molar-refractivity contribution is 0.545. The molecule has 6 nitrogen and oxygen atoms in total. The van der Waals surface area contributed by atoms with Gasteiger partial charge in [-0.05, 0) is 31.2 Å². The van der Waals surface area contributed by atoms with Crippen molar-refractivity contribution >= 4 is 22.9 Å². The summed E-state index contributed by atoms with van der Waals surface area (Å²) in [6.45, 7) is 2.07. The second kappa shape index (κ2) is 6.68. The summed E-state index contributed by atoms with van der Waals surface area (Å²) >= 11 is 1.79. The molecule has 0 aliphatic heterocycles. The molecule has 0 saturated heterocycles. The van der Waals surface area contributed by atoms with Crippen molar-refractivity contribution in [2.24, 2.45) is 14.1 Å². The van der Waals surface area contributed by atoms with E-state index in [2.05, 4.69) is 24.0 Å². The number of thioether (sulfide) groups is 1. The van der Waals surface area contributed by atoms with Gasteiger partial charge < -0.3 is 4.57 Å². The fourth-order valence-electron chi connectivity index (χ4n) is 2.70. The molecule has 0 amide bonds. The minimum atomic E-state index is -0.356. The highest BCUT2D eigenvalue weighted by Gasteiger charge is 2.17. The second-order valence-corrected chi connectivity index (χ2v) is 7.00. The molecule has 1 aromatic carbocycles. The van der Waals surface area contributed by atoms with Gasteiger partial charge in [0.25, 0.3) is 5.56 Å². The Labute approximate surface area is 143 Å². The third-order valence-corrected chi connectivity index (χ3v) is 5.24. The Kier molecular flexibility index (Phi) is 4.62. The lowest BCUT2D eigenvalue weighted by atomic mass is 10.2. The fraction of sp³-hybridized carbons (Fsp3) is 0.353. The van der Waals surface area contributed by atoms with Crippen LogP contribution in [0.1, 0.15) is 19.4 Å². The van der Waals surface area contributed by atoms with Crippen molar-refractivity contribution in [1.29, 1.82) is 0 Å². The van der Waals surface area contributed by atoms with E-state index in [1.165, 1.54) is 16.5 Å². The van der Waals surface area contributed by atoms with Crippen molar-refractivity contribution < 1.29 is 0 Å². The highest BCUT2D eigenvalue weighted by molar-refractivity contribution is 7.99. The van der Waals surface area contributed by atoms with Gasteiger partial charge in [0.15, 0.2) is 11.2 Å². The van der Waals surface area contributed by atoms with E-state index in [-0.39, 0.29) is 17.3 Å². The molecule has 0 fully saturated rings. The number of fused-ring (bicyclic) bond motifs is 1. The zero-order chi connectivity index (χ0) is 17.3. The zero-order valence-corrected chi connectivity index (χ0v) is 14.8. The van der Waals surface area contributed by atoms with Crippen LogP contribution in [0.2, 0.25) is 0 Å². The van der Waals surface area contributed by atoms with Gasteiger partial charge in [-0.15, -0.1) is 11.8 Å². The minimum Gasteiger partial charge on any atom is -0.322 e. The standard InChI is InChI=1S/C17H20N4O2S/c1-12(9-10-24-13-7-5-4-6-8-13)21-11-18-15-14(21)16(22)20(3)17(23)19(15)2/h4-8,11-12H,9-10H2,1-3H3/t12-/m1/s1. The molecule has 0 radical (unpaired) electrons. The predicted molar refractivity (Wildman–Crippen MR) is 96.7 cm³/mol. The summed E-state index contributed by atoms with van der Waals surface area (Å²) in [6, 6.07) is 10.4. The van der Waals surface area contributed by atoms with Gasteiger partial charge in [0.05, 0.1) is 6.33 Å². The van der Waals surface area contributed by atoms with E-state index in [9.17, 15) is 9.59 Å². The molecule has 3 rings (SSSR count). The number of rotatable bonds is 5. The van der Waals surface area contributed by atoms with Gasteiger partial charge in [-0.2, -0.15) is 0 Å². The summed E-state index contributed by atoms with van der Waals surface area (Å²) in [7, 11) is 3.13. The molecule has 0 saturated carbocycles. The quantitative estimate of drug-likeness (QED) is 0.666. The first-order chi connectivity index (χ1) is 11.5. The molecular formula is C17H20N4O2S. The molecule has 0 bridgehead atoms. The van der Waals surface area contributed by atoms with Crippen LogP contribution in [-0.4, -0.2) is 24.4 Å². The molecule has 0 aliphatic rings. The van der Waals surface area contributed by atoms with E-state index in [1.54, 1.807) is 25.1 Å². The Bertz CT molecular complexity index is 972. The van der Waals surface area contributed by atoms with Gasteiger partial charge in [-0.25, -0.2) is 9.78 Å². The zero-order valence-electron chi connectivity index (χ0n) is 14.0. The number of hydrogen-bond acceptors (Lipinski definition) is 4. The van der Waals surface area contributed by atoms with Crippen LogP contribution in [-0.2, 0) is 14.1 Å². The number of benzene rings is 1. The summed E-state index contributed by atoms with van der Waals surface area (Å²) in [5.41, 5.74) is 0.265. The van der Waals surface area contributed by atoms with Crippen LogP contribution in [0.4, 0.5) is 0 Å². The first-order valence-electron chi connectivity index (χ1n) is 7.81. The molecular weight excluding hydrogens is 324 g/mol. The Morgan fingerprint density at radius 3 is 2.54 bits per heavy atom. The monoisotopic (exact) mass is 344 g/mol. The van der Waals surface area contributed by atoms with E-state index >= 15 is 0 Å². The normalized spacial score (nSPS) is 12.6. The van der Waals surface area contributed by atoms with Crippen LogP contribution >= 0.6 is 11.8 Å². The van der Waals surface area contributed by atoms with Gasteiger partial charge in [0.2, 0.25) is 0 Å². The average Bonchev–Trinajstić information content (AvgIpc) is 3.04. The summed E-state index contributed by atoms with van der Waals surface area (Å²) < 4.78 is 4.42. The van der Waals surface area contributed by atoms with Crippen LogP contribution < -0.4 is 11.2 Å². The topological polar surface area (TPSA) is 61.8 Å². The summed E-state index contributed by atoms with van der Waals surface area (Å²) in [5.74, 6) is 0.941. The highest BCUT2D eigenvalue weighted by Crippen LogP contribution is 2.23. The third kappa shape index (κ3) is 2.91. The molecule has 1 atom stereocenters. The lowest BCUT2D eigenvalue weighted by Gasteiger charge is -2.14. The molecule has 0 aliphatic carbocycles. The molecule has 126 valence electrons. The molecule has 3 aromatic rings. The van der Waals surface area contributed by atoms with Crippen molar-refractivity contribution in [2.45, 2.75) is 24.3 Å². The molecule has 0 spiro atoms. The molecule has 2 heterocycles. The lowest BCUT2D eigenvalue weighted by Crippen LogP contribution is -2.37. The van der Waals surface area contributed by atoms with Crippen molar-refractivity contribution in [3.63, 3.8) is 0 Å². The van der Waals surface area contributed by atoms with Crippen molar-refractivity contribution in [3.05, 3.63) is 57.5 Å².